The number of hydrogen-bond donors (Lipinski definition) is 0. The van der Waals surface area contributed by atoms with E-state index in [0.717, 1.165) is 38.6 Å². The first-order valence-electron chi connectivity index (χ1n) is 18.4. The summed E-state index contributed by atoms with van der Waals surface area (Å²) in [5.74, 6) is 0.152. The van der Waals surface area contributed by atoms with Crippen LogP contribution in [0.3, 0.4) is 0 Å². The zero-order valence-electron chi connectivity index (χ0n) is 32.1. The second-order valence-corrected chi connectivity index (χ2v) is 14.9. The van der Waals surface area contributed by atoms with E-state index in [0.29, 0.717) is 0 Å². The van der Waals surface area contributed by atoms with E-state index in [1.54, 1.807) is 0 Å². The van der Waals surface area contributed by atoms with Crippen LogP contribution >= 0.6 is 15.9 Å². The number of alkyl halides is 1. The average molecular weight is 823 g/mol. The molecule has 0 radical (unpaired) electrons. The number of carbonyl (C=O) groups is 2. The van der Waals surface area contributed by atoms with E-state index in [1.807, 2.05) is 109 Å². The molecule has 0 saturated heterocycles. The lowest BCUT2D eigenvalue weighted by atomic mass is 10.0. The quantitative estimate of drug-likeness (QED) is 0.0438. The molecule has 0 aliphatic heterocycles. The molecule has 0 atom stereocenters. The van der Waals surface area contributed by atoms with Crippen LogP contribution < -0.4 is 17.0 Å². The number of quaternary nitrogens is 1. The van der Waals surface area contributed by atoms with Crippen molar-refractivity contribution in [2.45, 2.75) is 83.0 Å². The third-order valence-corrected chi connectivity index (χ3v) is 8.92. The van der Waals surface area contributed by atoms with Gasteiger partial charge in [0.25, 0.3) is 0 Å². The molecule has 0 saturated carbocycles. The molecule has 6 heteroatoms. The third kappa shape index (κ3) is 20.7. The largest absolute Gasteiger partial charge is 1.00 e. The van der Waals surface area contributed by atoms with Crippen LogP contribution in [0.25, 0.3) is 0 Å². The minimum absolute atomic E-state index is 0. The maximum Gasteiger partial charge on any atom is 0.193 e. The van der Waals surface area contributed by atoms with Crippen molar-refractivity contribution in [3.63, 3.8) is 0 Å². The summed E-state index contributed by atoms with van der Waals surface area (Å²) in [6.45, 7) is 4.50. The molecule has 4 nitrogen and oxygen atoms in total. The van der Waals surface area contributed by atoms with Gasteiger partial charge in [-0.05, 0) is 32.6 Å². The van der Waals surface area contributed by atoms with Crippen LogP contribution in [0.4, 0.5) is 0 Å². The Kier molecular flexibility index (Phi) is 24.2. The molecule has 0 spiro atoms. The SMILES string of the molecule is CCCCCCCCCCCCN(C)C.C[N+](C)(C)Cc1ccc(C(=O)c2ccccc2)cc1.O=C(c1ccccc1)c1ccc(CBr)cc1.[Br-]. The molecule has 0 aromatic heterocycles. The summed E-state index contributed by atoms with van der Waals surface area (Å²) >= 11 is 3.38. The highest BCUT2D eigenvalue weighted by Crippen LogP contribution is 2.15. The van der Waals surface area contributed by atoms with Gasteiger partial charge in [-0.3, -0.25) is 9.59 Å². The Morgan fingerprint density at radius 3 is 1.24 bits per heavy atom. The summed E-state index contributed by atoms with van der Waals surface area (Å²) < 4.78 is 0.881. The van der Waals surface area contributed by atoms with Crippen LogP contribution in [0.1, 0.15) is 114 Å². The van der Waals surface area contributed by atoms with Crippen molar-refractivity contribution in [3.05, 3.63) is 143 Å². The molecule has 0 bridgehead atoms. The molecule has 278 valence electrons. The first-order chi connectivity index (χ1) is 24.0. The van der Waals surface area contributed by atoms with Crippen LogP contribution in [0, 0.1) is 0 Å². The molecule has 0 heterocycles. The summed E-state index contributed by atoms with van der Waals surface area (Å²) in [4.78, 5) is 26.6. The normalized spacial score (nSPS) is 10.7. The van der Waals surface area contributed by atoms with Gasteiger partial charge < -0.3 is 26.4 Å². The fourth-order valence-corrected chi connectivity index (χ4v) is 5.86. The molecular formula is C45H62Br2N2O2. The number of ketones is 2. The summed E-state index contributed by atoms with van der Waals surface area (Å²) in [5.41, 5.74) is 5.37. The smallest absolute Gasteiger partial charge is 0.193 e. The van der Waals surface area contributed by atoms with E-state index in [4.69, 9.17) is 0 Å². The highest BCUT2D eigenvalue weighted by Gasteiger charge is 2.11. The van der Waals surface area contributed by atoms with E-state index in [9.17, 15) is 9.59 Å². The number of nitrogens with zero attached hydrogens (tertiary/aromatic N) is 2. The first-order valence-corrected chi connectivity index (χ1v) is 19.5. The van der Waals surface area contributed by atoms with Crippen molar-refractivity contribution in [1.82, 2.24) is 4.90 Å². The lowest BCUT2D eigenvalue weighted by Crippen LogP contribution is -3.00. The number of hydrogen-bond acceptors (Lipinski definition) is 3. The van der Waals surface area contributed by atoms with Gasteiger partial charge in [0.1, 0.15) is 6.54 Å². The molecule has 0 aliphatic carbocycles. The summed E-state index contributed by atoms with van der Waals surface area (Å²) in [5, 5.41) is 0.812. The molecule has 0 fully saturated rings. The number of halogens is 2. The van der Waals surface area contributed by atoms with Crippen molar-refractivity contribution in [3.8, 4) is 0 Å². The Labute approximate surface area is 329 Å². The Morgan fingerprint density at radius 1 is 0.529 bits per heavy atom. The van der Waals surface area contributed by atoms with Crippen LogP contribution in [-0.4, -0.2) is 62.7 Å². The average Bonchev–Trinajstić information content (AvgIpc) is 3.12. The van der Waals surface area contributed by atoms with Gasteiger partial charge in [0.2, 0.25) is 0 Å². The van der Waals surface area contributed by atoms with Gasteiger partial charge in [-0.2, -0.15) is 0 Å². The zero-order valence-corrected chi connectivity index (χ0v) is 35.2. The van der Waals surface area contributed by atoms with Gasteiger partial charge in [-0.1, -0.05) is 190 Å². The first kappa shape index (κ1) is 46.1. The van der Waals surface area contributed by atoms with E-state index in [-0.39, 0.29) is 28.5 Å². The lowest BCUT2D eigenvalue weighted by molar-refractivity contribution is -0.884. The molecule has 4 rings (SSSR count). The monoisotopic (exact) mass is 820 g/mol. The summed E-state index contributed by atoms with van der Waals surface area (Å²) in [6.07, 6.45) is 14.4. The topological polar surface area (TPSA) is 37.4 Å². The minimum Gasteiger partial charge on any atom is -1.00 e. The maximum atomic E-state index is 12.2. The fourth-order valence-electron chi connectivity index (χ4n) is 5.48. The Bertz CT molecular complexity index is 1470. The van der Waals surface area contributed by atoms with Crippen LogP contribution in [0.15, 0.2) is 109 Å². The van der Waals surface area contributed by atoms with Gasteiger partial charge in [0.05, 0.1) is 21.1 Å². The molecular weight excluding hydrogens is 760 g/mol. The van der Waals surface area contributed by atoms with Gasteiger partial charge >= 0.3 is 0 Å². The third-order valence-electron chi connectivity index (χ3n) is 8.27. The van der Waals surface area contributed by atoms with Crippen molar-refractivity contribution >= 4 is 27.5 Å². The number of rotatable bonds is 18. The van der Waals surface area contributed by atoms with Crippen LogP contribution in [0.2, 0.25) is 0 Å². The molecule has 4 aromatic carbocycles. The van der Waals surface area contributed by atoms with Gasteiger partial charge in [0.15, 0.2) is 11.6 Å². The van der Waals surface area contributed by atoms with Crippen molar-refractivity contribution < 1.29 is 31.1 Å². The van der Waals surface area contributed by atoms with Crippen molar-refractivity contribution in [1.29, 1.82) is 0 Å². The highest BCUT2D eigenvalue weighted by molar-refractivity contribution is 9.08. The maximum absolute atomic E-state index is 12.2. The van der Waals surface area contributed by atoms with E-state index in [1.165, 1.54) is 81.9 Å². The second-order valence-electron chi connectivity index (χ2n) is 14.4. The molecule has 0 aliphatic rings. The summed E-state index contributed by atoms with van der Waals surface area (Å²) in [7, 11) is 10.8. The predicted molar refractivity (Wildman–Crippen MR) is 217 cm³/mol. The number of unbranched alkanes of at least 4 members (excludes halogenated alkanes) is 9. The second kappa shape index (κ2) is 26.8. The van der Waals surface area contributed by atoms with Crippen molar-refractivity contribution in [2.75, 3.05) is 41.8 Å². The molecule has 4 aromatic rings. The van der Waals surface area contributed by atoms with E-state index < -0.39 is 0 Å². The van der Waals surface area contributed by atoms with Gasteiger partial charge in [-0.15, -0.1) is 0 Å². The Balaban J connectivity index is 0.000000382. The van der Waals surface area contributed by atoms with Crippen LogP contribution in [0.5, 0.6) is 0 Å². The van der Waals surface area contributed by atoms with E-state index in [2.05, 4.69) is 63.0 Å². The van der Waals surface area contributed by atoms with E-state index >= 15 is 0 Å². The zero-order chi connectivity index (χ0) is 36.6. The van der Waals surface area contributed by atoms with Gasteiger partial charge in [-0.25, -0.2) is 0 Å². The van der Waals surface area contributed by atoms with Crippen LogP contribution in [-0.2, 0) is 11.9 Å². The Morgan fingerprint density at radius 2 is 0.882 bits per heavy atom. The summed E-state index contributed by atoms with van der Waals surface area (Å²) in [6, 6.07) is 34.3. The highest BCUT2D eigenvalue weighted by atomic mass is 79.9. The molecule has 0 amide bonds. The molecule has 51 heavy (non-hydrogen) atoms. The fraction of sp³-hybridized carbons (Fsp3) is 0.422. The number of carbonyl (C=O) groups excluding carboxylic acids is 2. The molecule has 0 N–H and O–H groups in total. The Hall–Kier alpha value is -2.90. The standard InChI is InChI=1S/C17H20NO.C14H11BrO.C14H31N.BrH/c1-18(2,3)13-14-9-11-16(12-10-14)17(19)15-7-5-4-6-8-15;15-10-11-6-8-13(9-7-11)14(16)12-4-2-1-3-5-12;1-4-5-6-7-8-9-10-11-12-13-14-15(2)3;/h4-12H,13H2,1-3H3;1-9H,10H2;4-14H2,1-3H3;1H/q+1;;;/p-1. The minimum atomic E-state index is 0. The van der Waals surface area contributed by atoms with Crippen molar-refractivity contribution in [2.24, 2.45) is 0 Å². The molecule has 0 unspecified atom stereocenters. The predicted octanol–water partition coefficient (Wildman–Crippen LogP) is 8.41. The van der Waals surface area contributed by atoms with Gasteiger partial charge in [0, 0.05) is 33.1 Å². The lowest BCUT2D eigenvalue weighted by Gasteiger charge is -2.23. The number of benzene rings is 4.